The molecule has 0 aliphatic carbocycles. The fourth-order valence-corrected chi connectivity index (χ4v) is 3.72. The first-order valence-electron chi connectivity index (χ1n) is 10.1. The van der Waals surface area contributed by atoms with E-state index in [0.717, 1.165) is 48.8 Å². The Labute approximate surface area is 178 Å². The van der Waals surface area contributed by atoms with Crippen LogP contribution in [0.15, 0.2) is 54.6 Å². The smallest absolute Gasteiger partial charge is 0.220 e. The van der Waals surface area contributed by atoms with Crippen LogP contribution in [0.1, 0.15) is 30.4 Å². The van der Waals surface area contributed by atoms with E-state index in [2.05, 4.69) is 27.7 Å². The summed E-state index contributed by atoms with van der Waals surface area (Å²) >= 11 is 5.55. The van der Waals surface area contributed by atoms with Crippen LogP contribution in [0.5, 0.6) is 5.75 Å². The minimum atomic E-state index is 0.132. The van der Waals surface area contributed by atoms with E-state index in [9.17, 15) is 4.79 Å². The monoisotopic (exact) mass is 411 g/mol. The molecule has 1 amide bonds. The molecule has 5 nitrogen and oxygen atoms in total. The summed E-state index contributed by atoms with van der Waals surface area (Å²) < 4.78 is 5.18. The molecular formula is C23H29N3O2S. The minimum Gasteiger partial charge on any atom is -0.497 e. The first-order valence-corrected chi connectivity index (χ1v) is 10.5. The van der Waals surface area contributed by atoms with Gasteiger partial charge in [0.2, 0.25) is 5.91 Å². The number of hydrogen-bond donors (Lipinski definition) is 2. The van der Waals surface area contributed by atoms with E-state index in [1.54, 1.807) is 7.11 Å². The van der Waals surface area contributed by atoms with Gasteiger partial charge in [0.25, 0.3) is 0 Å². The fourth-order valence-electron chi connectivity index (χ4n) is 3.46. The normalized spacial score (nSPS) is 14.3. The van der Waals surface area contributed by atoms with E-state index in [1.807, 2.05) is 42.5 Å². The second kappa shape index (κ2) is 10.8. The summed E-state index contributed by atoms with van der Waals surface area (Å²) in [4.78, 5) is 14.4. The summed E-state index contributed by atoms with van der Waals surface area (Å²) in [7, 11) is 1.66. The van der Waals surface area contributed by atoms with E-state index in [4.69, 9.17) is 17.0 Å². The minimum absolute atomic E-state index is 0.132. The van der Waals surface area contributed by atoms with Crippen molar-refractivity contribution in [1.29, 1.82) is 0 Å². The Bertz CT molecular complexity index is 788. The zero-order valence-electron chi connectivity index (χ0n) is 16.9. The Kier molecular flexibility index (Phi) is 7.87. The lowest BCUT2D eigenvalue weighted by molar-refractivity contribution is -0.122. The number of hydrogen-bond acceptors (Lipinski definition) is 3. The summed E-state index contributed by atoms with van der Waals surface area (Å²) in [5.41, 5.74) is 2.36. The molecule has 29 heavy (non-hydrogen) atoms. The molecule has 1 heterocycles. The van der Waals surface area contributed by atoms with Crippen LogP contribution in [-0.2, 0) is 17.8 Å². The number of rotatable bonds is 7. The average molecular weight is 412 g/mol. The number of carbonyl (C=O) groups is 1. The van der Waals surface area contributed by atoms with Crippen LogP contribution in [-0.4, -0.2) is 42.2 Å². The molecule has 1 saturated heterocycles. The number of piperidine rings is 1. The zero-order chi connectivity index (χ0) is 20.5. The largest absolute Gasteiger partial charge is 0.497 e. The SMILES string of the molecule is COc1ccc(CNC(=S)N2CCC(NC(=O)CCc3ccccc3)CC2)cc1. The first-order chi connectivity index (χ1) is 14.1. The van der Waals surface area contributed by atoms with Gasteiger partial charge in [0.1, 0.15) is 5.75 Å². The summed E-state index contributed by atoms with van der Waals surface area (Å²) in [5, 5.41) is 7.28. The van der Waals surface area contributed by atoms with Crippen molar-refractivity contribution in [3.8, 4) is 5.75 Å². The van der Waals surface area contributed by atoms with Gasteiger partial charge >= 0.3 is 0 Å². The van der Waals surface area contributed by atoms with Gasteiger partial charge in [-0.05, 0) is 54.7 Å². The van der Waals surface area contributed by atoms with Crippen molar-refractivity contribution in [2.45, 2.75) is 38.3 Å². The number of aryl methyl sites for hydroxylation is 1. The second-order valence-electron chi connectivity index (χ2n) is 7.32. The number of benzene rings is 2. The Morgan fingerprint density at radius 3 is 2.41 bits per heavy atom. The van der Waals surface area contributed by atoms with Crippen LogP contribution in [0.3, 0.4) is 0 Å². The standard InChI is InChI=1S/C23H29N3O2S/c1-28-21-10-7-19(8-11-21)17-24-23(29)26-15-13-20(14-16-26)25-22(27)12-9-18-5-3-2-4-6-18/h2-8,10-11,20H,9,12-17H2,1H3,(H,24,29)(H,25,27). The van der Waals surface area contributed by atoms with Gasteiger partial charge in [-0.2, -0.15) is 0 Å². The Morgan fingerprint density at radius 2 is 1.76 bits per heavy atom. The predicted octanol–water partition coefficient (Wildman–Crippen LogP) is 3.28. The molecular weight excluding hydrogens is 382 g/mol. The van der Waals surface area contributed by atoms with Crippen LogP contribution < -0.4 is 15.4 Å². The average Bonchev–Trinajstić information content (AvgIpc) is 2.77. The number of likely N-dealkylation sites (tertiary alicyclic amines) is 1. The van der Waals surface area contributed by atoms with Gasteiger partial charge in [-0.15, -0.1) is 0 Å². The van der Waals surface area contributed by atoms with Gasteiger partial charge in [-0.3, -0.25) is 4.79 Å². The molecule has 0 radical (unpaired) electrons. The third-order valence-corrected chi connectivity index (χ3v) is 5.64. The second-order valence-corrected chi connectivity index (χ2v) is 7.71. The highest BCUT2D eigenvalue weighted by atomic mass is 32.1. The highest BCUT2D eigenvalue weighted by Gasteiger charge is 2.22. The molecule has 154 valence electrons. The maximum absolute atomic E-state index is 12.2. The molecule has 6 heteroatoms. The van der Waals surface area contributed by atoms with Crippen molar-refractivity contribution >= 4 is 23.2 Å². The lowest BCUT2D eigenvalue weighted by atomic mass is 10.0. The number of carbonyl (C=O) groups excluding carboxylic acids is 1. The maximum atomic E-state index is 12.2. The lowest BCUT2D eigenvalue weighted by Crippen LogP contribution is -2.49. The molecule has 2 N–H and O–H groups in total. The maximum Gasteiger partial charge on any atom is 0.220 e. The van der Waals surface area contributed by atoms with Crippen LogP contribution >= 0.6 is 12.2 Å². The topological polar surface area (TPSA) is 53.6 Å². The Balaban J connectivity index is 1.34. The van der Waals surface area contributed by atoms with Gasteiger partial charge in [0, 0.05) is 32.1 Å². The highest BCUT2D eigenvalue weighted by Crippen LogP contribution is 2.13. The van der Waals surface area contributed by atoms with Crippen molar-refractivity contribution in [1.82, 2.24) is 15.5 Å². The van der Waals surface area contributed by atoms with Crippen molar-refractivity contribution in [2.75, 3.05) is 20.2 Å². The number of methoxy groups -OCH3 is 1. The number of ether oxygens (including phenoxy) is 1. The van der Waals surface area contributed by atoms with Crippen LogP contribution in [0.25, 0.3) is 0 Å². The number of amides is 1. The summed E-state index contributed by atoms with van der Waals surface area (Å²) in [6.07, 6.45) is 3.15. The molecule has 0 bridgehead atoms. The van der Waals surface area contributed by atoms with Crippen LogP contribution in [0.4, 0.5) is 0 Å². The van der Waals surface area contributed by atoms with Crippen molar-refractivity contribution in [3.63, 3.8) is 0 Å². The summed E-state index contributed by atoms with van der Waals surface area (Å²) in [6.45, 7) is 2.41. The van der Waals surface area contributed by atoms with Gasteiger partial charge in [0.15, 0.2) is 5.11 Å². The van der Waals surface area contributed by atoms with E-state index < -0.39 is 0 Å². The van der Waals surface area contributed by atoms with Crippen LogP contribution in [0.2, 0.25) is 0 Å². The third kappa shape index (κ3) is 6.75. The lowest BCUT2D eigenvalue weighted by Gasteiger charge is -2.34. The summed E-state index contributed by atoms with van der Waals surface area (Å²) in [5.74, 6) is 0.983. The van der Waals surface area contributed by atoms with Crippen LogP contribution in [0, 0.1) is 0 Å². The van der Waals surface area contributed by atoms with E-state index >= 15 is 0 Å². The van der Waals surface area contributed by atoms with E-state index in [1.165, 1.54) is 5.56 Å². The molecule has 2 aromatic rings. The molecule has 0 atom stereocenters. The molecule has 1 fully saturated rings. The molecule has 0 saturated carbocycles. The fraction of sp³-hybridized carbons (Fsp3) is 0.391. The number of nitrogens with one attached hydrogen (secondary N) is 2. The van der Waals surface area contributed by atoms with Crippen molar-refractivity contribution < 1.29 is 9.53 Å². The third-order valence-electron chi connectivity index (χ3n) is 5.23. The number of nitrogens with zero attached hydrogens (tertiary/aromatic N) is 1. The van der Waals surface area contributed by atoms with Gasteiger partial charge in [0.05, 0.1) is 7.11 Å². The molecule has 1 aliphatic rings. The zero-order valence-corrected chi connectivity index (χ0v) is 17.7. The first kappa shape index (κ1) is 21.1. The molecule has 0 spiro atoms. The van der Waals surface area contributed by atoms with Crippen molar-refractivity contribution in [3.05, 3.63) is 65.7 Å². The van der Waals surface area contributed by atoms with Gasteiger partial charge in [-0.25, -0.2) is 0 Å². The van der Waals surface area contributed by atoms with Gasteiger partial charge in [-0.1, -0.05) is 42.5 Å². The summed E-state index contributed by atoms with van der Waals surface area (Å²) in [6, 6.07) is 18.3. The molecule has 1 aliphatic heterocycles. The van der Waals surface area contributed by atoms with E-state index in [0.29, 0.717) is 13.0 Å². The molecule has 2 aromatic carbocycles. The molecule has 0 unspecified atom stereocenters. The van der Waals surface area contributed by atoms with E-state index in [-0.39, 0.29) is 11.9 Å². The number of thiocarbonyl (C=S) groups is 1. The molecule has 0 aromatic heterocycles. The van der Waals surface area contributed by atoms with Crippen molar-refractivity contribution in [2.24, 2.45) is 0 Å². The molecule has 3 rings (SSSR count). The highest BCUT2D eigenvalue weighted by molar-refractivity contribution is 7.80. The Morgan fingerprint density at radius 1 is 1.07 bits per heavy atom. The Hall–Kier alpha value is -2.60. The predicted molar refractivity (Wildman–Crippen MR) is 120 cm³/mol. The quantitative estimate of drug-likeness (QED) is 0.685. The van der Waals surface area contributed by atoms with Gasteiger partial charge < -0.3 is 20.3 Å².